The summed E-state index contributed by atoms with van der Waals surface area (Å²) in [6.07, 6.45) is 6.38. The van der Waals surface area contributed by atoms with Gasteiger partial charge in [0.15, 0.2) is 0 Å². The number of carbonyl (C=O) groups excluding carboxylic acids is 2. The lowest BCUT2D eigenvalue weighted by Crippen LogP contribution is -2.35. The number of primary amides is 2. The number of rotatable bonds is 9. The third-order valence-electron chi connectivity index (χ3n) is 4.39. The van der Waals surface area contributed by atoms with Crippen molar-refractivity contribution in [3.63, 3.8) is 0 Å². The van der Waals surface area contributed by atoms with Gasteiger partial charge in [-0.1, -0.05) is 45.2 Å². The van der Waals surface area contributed by atoms with Crippen molar-refractivity contribution >= 4 is 33.4 Å². The highest BCUT2D eigenvalue weighted by atomic mass is 32.2. The SMILES string of the molecule is CCCCCCNC(N)=O.Cc1ccc(C(C)c2nccs2)cc1S(=O)(=O)NC(N)=O. The first kappa shape index (κ1) is 26.4. The van der Waals surface area contributed by atoms with E-state index in [1.807, 2.05) is 18.4 Å². The zero-order valence-corrected chi connectivity index (χ0v) is 19.7. The van der Waals surface area contributed by atoms with Crippen LogP contribution in [0.25, 0.3) is 0 Å². The van der Waals surface area contributed by atoms with Gasteiger partial charge in [-0.3, -0.25) is 0 Å². The number of carbonyl (C=O) groups is 2. The Bertz CT molecular complexity index is 946. The predicted molar refractivity (Wildman–Crippen MR) is 122 cm³/mol. The van der Waals surface area contributed by atoms with E-state index in [1.165, 1.54) is 30.6 Å². The van der Waals surface area contributed by atoms with Crippen molar-refractivity contribution < 1.29 is 18.0 Å². The third-order valence-corrected chi connectivity index (χ3v) is 6.84. The van der Waals surface area contributed by atoms with Gasteiger partial charge in [0.25, 0.3) is 10.0 Å². The van der Waals surface area contributed by atoms with Crippen molar-refractivity contribution in [2.45, 2.75) is 57.3 Å². The van der Waals surface area contributed by atoms with Crippen LogP contribution in [0.15, 0.2) is 34.7 Å². The van der Waals surface area contributed by atoms with E-state index < -0.39 is 22.1 Å². The van der Waals surface area contributed by atoms with Crippen LogP contribution < -0.4 is 21.5 Å². The summed E-state index contributed by atoms with van der Waals surface area (Å²) >= 11 is 1.50. The van der Waals surface area contributed by atoms with Gasteiger partial charge in [0.2, 0.25) is 0 Å². The van der Waals surface area contributed by atoms with Crippen LogP contribution in [0, 0.1) is 6.92 Å². The molecule has 31 heavy (non-hydrogen) atoms. The maximum Gasteiger partial charge on any atom is 0.326 e. The number of urea groups is 2. The summed E-state index contributed by atoms with van der Waals surface area (Å²) in [7, 11) is -3.96. The van der Waals surface area contributed by atoms with Gasteiger partial charge in [-0.25, -0.2) is 27.7 Å². The predicted octanol–water partition coefficient (Wildman–Crippen LogP) is 3.20. The second-order valence-corrected chi connectivity index (χ2v) is 9.52. The maximum absolute atomic E-state index is 12.1. The Hall–Kier alpha value is -2.66. The summed E-state index contributed by atoms with van der Waals surface area (Å²) in [4.78, 5) is 25.3. The van der Waals surface area contributed by atoms with Crippen molar-refractivity contribution in [1.82, 2.24) is 15.0 Å². The smallest absolute Gasteiger partial charge is 0.326 e. The average molecular weight is 470 g/mol. The molecule has 0 saturated carbocycles. The van der Waals surface area contributed by atoms with Crippen LogP contribution in [0.2, 0.25) is 0 Å². The van der Waals surface area contributed by atoms with Gasteiger partial charge in [-0.2, -0.15) is 0 Å². The van der Waals surface area contributed by atoms with Crippen molar-refractivity contribution in [2.75, 3.05) is 6.54 Å². The lowest BCUT2D eigenvalue weighted by Gasteiger charge is -2.13. The number of hydrogen-bond donors (Lipinski definition) is 4. The fourth-order valence-corrected chi connectivity index (χ4v) is 4.60. The molecule has 1 heterocycles. The number of nitrogens with one attached hydrogen (secondary N) is 2. The Morgan fingerprint density at radius 3 is 2.42 bits per heavy atom. The quantitative estimate of drug-likeness (QED) is 0.415. The van der Waals surface area contributed by atoms with Crippen LogP contribution in [-0.4, -0.2) is 32.0 Å². The number of sulfonamides is 1. The Morgan fingerprint density at radius 2 is 1.87 bits per heavy atom. The van der Waals surface area contributed by atoms with Crippen LogP contribution in [0.1, 0.15) is 61.6 Å². The van der Waals surface area contributed by atoms with Crippen molar-refractivity contribution in [1.29, 1.82) is 0 Å². The van der Waals surface area contributed by atoms with E-state index in [-0.39, 0.29) is 10.8 Å². The highest BCUT2D eigenvalue weighted by Crippen LogP contribution is 2.28. The van der Waals surface area contributed by atoms with Gasteiger partial charge in [0, 0.05) is 24.0 Å². The molecule has 0 fully saturated rings. The summed E-state index contributed by atoms with van der Waals surface area (Å²) in [5, 5.41) is 5.30. The van der Waals surface area contributed by atoms with Crippen molar-refractivity contribution in [2.24, 2.45) is 11.5 Å². The van der Waals surface area contributed by atoms with Gasteiger partial charge in [0.1, 0.15) is 0 Å². The van der Waals surface area contributed by atoms with E-state index in [1.54, 1.807) is 30.0 Å². The molecule has 1 unspecified atom stereocenters. The number of benzene rings is 1. The molecular weight excluding hydrogens is 438 g/mol. The number of amides is 4. The van der Waals surface area contributed by atoms with Crippen LogP contribution in [0.4, 0.5) is 9.59 Å². The van der Waals surface area contributed by atoms with Crippen molar-refractivity contribution in [3.05, 3.63) is 45.9 Å². The Labute approximate surface area is 187 Å². The average Bonchev–Trinajstić information content (AvgIpc) is 3.21. The summed E-state index contributed by atoms with van der Waals surface area (Å²) in [5.41, 5.74) is 11.1. The van der Waals surface area contributed by atoms with E-state index in [0.717, 1.165) is 23.5 Å². The first-order valence-corrected chi connectivity index (χ1v) is 12.3. The van der Waals surface area contributed by atoms with E-state index in [4.69, 9.17) is 11.5 Å². The normalized spacial score (nSPS) is 11.7. The second-order valence-electron chi connectivity index (χ2n) is 6.94. The zero-order valence-electron chi connectivity index (χ0n) is 18.1. The molecule has 11 heteroatoms. The lowest BCUT2D eigenvalue weighted by molar-refractivity contribution is 0.248. The Morgan fingerprint density at radius 1 is 1.16 bits per heavy atom. The van der Waals surface area contributed by atoms with E-state index in [9.17, 15) is 18.0 Å². The molecule has 172 valence electrons. The number of aromatic nitrogens is 1. The zero-order chi connectivity index (χ0) is 23.4. The molecule has 2 aromatic rings. The summed E-state index contributed by atoms with van der Waals surface area (Å²) in [6.45, 7) is 6.48. The molecule has 6 N–H and O–H groups in total. The fourth-order valence-electron chi connectivity index (χ4n) is 2.72. The molecule has 4 amide bonds. The Kier molecular flexibility index (Phi) is 11.0. The molecule has 9 nitrogen and oxygen atoms in total. The molecule has 2 rings (SSSR count). The fraction of sp³-hybridized carbons (Fsp3) is 0.450. The van der Waals surface area contributed by atoms with Gasteiger partial charge in [0.05, 0.1) is 9.90 Å². The van der Waals surface area contributed by atoms with E-state index >= 15 is 0 Å². The molecule has 0 radical (unpaired) electrons. The minimum absolute atomic E-state index is 0.0341. The van der Waals surface area contributed by atoms with Gasteiger partial charge in [-0.15, -0.1) is 11.3 Å². The number of aryl methyl sites for hydroxylation is 1. The van der Waals surface area contributed by atoms with Gasteiger partial charge >= 0.3 is 12.1 Å². The number of thiazole rings is 1. The molecular formula is C20H31N5O4S2. The van der Waals surface area contributed by atoms with Crippen LogP contribution in [0.3, 0.4) is 0 Å². The molecule has 0 bridgehead atoms. The first-order valence-electron chi connectivity index (χ1n) is 9.94. The second kappa shape index (κ2) is 12.9. The summed E-state index contributed by atoms with van der Waals surface area (Å²) in [5.74, 6) is -0.0341. The highest BCUT2D eigenvalue weighted by molar-refractivity contribution is 7.90. The summed E-state index contributed by atoms with van der Waals surface area (Å²) in [6, 6.07) is 3.58. The van der Waals surface area contributed by atoms with E-state index in [0.29, 0.717) is 5.56 Å². The number of nitrogens with zero attached hydrogens (tertiary/aromatic N) is 1. The molecule has 1 atom stereocenters. The molecule has 0 spiro atoms. The first-order chi connectivity index (χ1) is 14.6. The standard InChI is InChI=1S/C13H15N3O3S2.C7H16N2O/c1-8-3-4-10(9(2)12-15-5-6-20-12)7-11(8)21(18,19)16-13(14)17;1-2-3-4-5-6-9-7(8)10/h3-7,9H,1-2H3,(H3,14,16,17);2-6H2,1H3,(H3,8,9,10). The Balaban J connectivity index is 0.000000407. The maximum atomic E-state index is 12.1. The van der Waals surface area contributed by atoms with Gasteiger partial charge < -0.3 is 16.8 Å². The van der Waals surface area contributed by atoms with Crippen molar-refractivity contribution in [3.8, 4) is 0 Å². The lowest BCUT2D eigenvalue weighted by atomic mass is 10.0. The number of hydrogen-bond acceptors (Lipinski definition) is 6. The third kappa shape index (κ3) is 9.35. The van der Waals surface area contributed by atoms with Crippen LogP contribution in [-0.2, 0) is 10.0 Å². The minimum Gasteiger partial charge on any atom is -0.352 e. The molecule has 1 aromatic carbocycles. The summed E-state index contributed by atoms with van der Waals surface area (Å²) < 4.78 is 26.0. The minimum atomic E-state index is -3.96. The number of nitrogens with two attached hydrogens (primary N) is 2. The molecule has 1 aromatic heterocycles. The van der Waals surface area contributed by atoms with Crippen LogP contribution >= 0.6 is 11.3 Å². The largest absolute Gasteiger partial charge is 0.352 e. The molecule has 0 aliphatic heterocycles. The number of unbranched alkanes of at least 4 members (excludes halogenated alkanes) is 3. The molecule has 0 aliphatic carbocycles. The van der Waals surface area contributed by atoms with Crippen LogP contribution in [0.5, 0.6) is 0 Å². The topological polar surface area (TPSA) is 157 Å². The molecule has 0 aliphatic rings. The molecule has 0 saturated heterocycles. The highest BCUT2D eigenvalue weighted by Gasteiger charge is 2.21. The van der Waals surface area contributed by atoms with Gasteiger partial charge in [-0.05, 0) is 30.5 Å². The monoisotopic (exact) mass is 469 g/mol. The van der Waals surface area contributed by atoms with E-state index in [2.05, 4.69) is 17.2 Å².